The van der Waals surface area contributed by atoms with E-state index in [-0.39, 0.29) is 0 Å². The first-order valence-electron chi connectivity index (χ1n) is 7.61. The number of hydrogen-bond acceptors (Lipinski definition) is 5. The lowest BCUT2D eigenvalue weighted by Gasteiger charge is -2.04. The molecule has 0 saturated heterocycles. The molecule has 0 fully saturated rings. The van der Waals surface area contributed by atoms with Crippen molar-refractivity contribution in [1.29, 1.82) is 0 Å². The summed E-state index contributed by atoms with van der Waals surface area (Å²) in [5, 5.41) is 10.3. The molecule has 0 aliphatic rings. The van der Waals surface area contributed by atoms with E-state index in [4.69, 9.17) is 16.0 Å². The zero-order valence-corrected chi connectivity index (χ0v) is 15.9. The van der Waals surface area contributed by atoms with Gasteiger partial charge in [0.1, 0.15) is 5.76 Å². The number of nitrogens with zero attached hydrogens (tertiary/aromatic N) is 3. The minimum atomic E-state index is 0.823. The molecule has 7 heteroatoms. The molecule has 3 rings (SSSR count). The van der Waals surface area contributed by atoms with E-state index in [0.717, 1.165) is 50.1 Å². The van der Waals surface area contributed by atoms with Crippen LogP contribution < -0.4 is 0 Å². The predicted octanol–water partition coefficient (Wildman–Crippen LogP) is 5.31. The molecule has 0 bridgehead atoms. The molecule has 0 N–H and O–H groups in total. The summed E-state index contributed by atoms with van der Waals surface area (Å²) in [6, 6.07) is 9.88. The van der Waals surface area contributed by atoms with Crippen molar-refractivity contribution >= 4 is 35.1 Å². The summed E-state index contributed by atoms with van der Waals surface area (Å²) in [5.74, 6) is 3.73. The molecule has 4 nitrogen and oxygen atoms in total. The molecule has 0 atom stereocenters. The van der Waals surface area contributed by atoms with Crippen molar-refractivity contribution in [2.24, 2.45) is 7.05 Å². The Kier molecular flexibility index (Phi) is 5.92. The van der Waals surface area contributed by atoms with E-state index in [1.807, 2.05) is 42.8 Å². The zero-order chi connectivity index (χ0) is 16.9. The van der Waals surface area contributed by atoms with Crippen molar-refractivity contribution in [2.75, 3.05) is 11.5 Å². The third-order valence-electron chi connectivity index (χ3n) is 3.55. The summed E-state index contributed by atoms with van der Waals surface area (Å²) in [7, 11) is 1.99. The molecule has 0 aliphatic carbocycles. The lowest BCUT2D eigenvalue weighted by Crippen LogP contribution is -1.96. The van der Waals surface area contributed by atoms with Gasteiger partial charge in [-0.25, -0.2) is 0 Å². The highest BCUT2D eigenvalue weighted by atomic mass is 35.5. The topological polar surface area (TPSA) is 43.9 Å². The SMILES string of the molecule is Cc1occc1-c1nnc(SCCCSc2ccccc2Cl)n1C. The molecule has 0 aliphatic heterocycles. The lowest BCUT2D eigenvalue weighted by atomic mass is 10.2. The molecule has 2 aromatic heterocycles. The molecule has 0 amide bonds. The van der Waals surface area contributed by atoms with E-state index in [1.165, 1.54) is 0 Å². The summed E-state index contributed by atoms with van der Waals surface area (Å²) in [6.07, 6.45) is 2.76. The average Bonchev–Trinajstić information content (AvgIpc) is 3.15. The largest absolute Gasteiger partial charge is 0.469 e. The van der Waals surface area contributed by atoms with Crippen LogP contribution in [0.3, 0.4) is 0 Å². The van der Waals surface area contributed by atoms with Crippen LogP contribution in [-0.2, 0) is 7.05 Å². The third kappa shape index (κ3) is 3.99. The van der Waals surface area contributed by atoms with Crippen LogP contribution in [-0.4, -0.2) is 26.3 Å². The number of halogens is 1. The van der Waals surface area contributed by atoms with Gasteiger partial charge in [-0.3, -0.25) is 0 Å². The molecular formula is C17H18ClN3OS2. The van der Waals surface area contributed by atoms with E-state index < -0.39 is 0 Å². The normalized spacial score (nSPS) is 11.1. The van der Waals surface area contributed by atoms with E-state index in [9.17, 15) is 0 Å². The van der Waals surface area contributed by atoms with Crippen molar-refractivity contribution in [3.63, 3.8) is 0 Å². The molecule has 0 saturated carbocycles. The molecule has 2 heterocycles. The third-order valence-corrected chi connectivity index (χ3v) is 6.26. The van der Waals surface area contributed by atoms with Crippen LogP contribution in [0.2, 0.25) is 5.02 Å². The summed E-state index contributed by atoms with van der Waals surface area (Å²) < 4.78 is 7.36. The van der Waals surface area contributed by atoms with Gasteiger partial charge in [0.05, 0.1) is 16.8 Å². The number of aromatic nitrogens is 3. The molecule has 0 unspecified atom stereocenters. The summed E-state index contributed by atoms with van der Waals surface area (Å²) in [5.41, 5.74) is 0.992. The van der Waals surface area contributed by atoms with Gasteiger partial charge in [0.25, 0.3) is 0 Å². The Morgan fingerprint density at radius 1 is 1.12 bits per heavy atom. The van der Waals surface area contributed by atoms with Crippen LogP contribution >= 0.6 is 35.1 Å². The fraction of sp³-hybridized carbons (Fsp3) is 0.294. The van der Waals surface area contributed by atoms with E-state index >= 15 is 0 Å². The number of aryl methyl sites for hydroxylation is 1. The van der Waals surface area contributed by atoms with Crippen LogP contribution in [0.15, 0.2) is 51.1 Å². The van der Waals surface area contributed by atoms with Crippen LogP contribution in [0.5, 0.6) is 0 Å². The summed E-state index contributed by atoms with van der Waals surface area (Å²) in [6.45, 7) is 1.93. The highest BCUT2D eigenvalue weighted by Crippen LogP contribution is 2.29. The van der Waals surface area contributed by atoms with Gasteiger partial charge >= 0.3 is 0 Å². The Morgan fingerprint density at radius 3 is 2.67 bits per heavy atom. The number of hydrogen-bond donors (Lipinski definition) is 0. The quantitative estimate of drug-likeness (QED) is 0.411. The Balaban J connectivity index is 1.50. The van der Waals surface area contributed by atoms with Gasteiger partial charge in [0.2, 0.25) is 0 Å². The summed E-state index contributed by atoms with van der Waals surface area (Å²) in [4.78, 5) is 1.14. The Bertz CT molecular complexity index is 816. The number of rotatable bonds is 7. The number of thioether (sulfide) groups is 2. The molecule has 24 heavy (non-hydrogen) atoms. The summed E-state index contributed by atoms with van der Waals surface area (Å²) >= 11 is 9.68. The van der Waals surface area contributed by atoms with E-state index in [2.05, 4.69) is 16.3 Å². The fourth-order valence-electron chi connectivity index (χ4n) is 2.26. The predicted molar refractivity (Wildman–Crippen MR) is 101 cm³/mol. The Labute approximate surface area is 155 Å². The second kappa shape index (κ2) is 8.14. The van der Waals surface area contributed by atoms with Gasteiger partial charge in [-0.15, -0.1) is 22.0 Å². The number of furan rings is 1. The second-order valence-electron chi connectivity index (χ2n) is 5.24. The Morgan fingerprint density at radius 2 is 1.92 bits per heavy atom. The first-order valence-corrected chi connectivity index (χ1v) is 9.95. The van der Waals surface area contributed by atoms with Gasteiger partial charge in [-0.1, -0.05) is 35.5 Å². The standard InChI is InChI=1S/C17H18ClN3OS2/c1-12-13(8-9-22-12)16-19-20-17(21(16)2)24-11-5-10-23-15-7-4-3-6-14(15)18/h3-4,6-9H,5,10-11H2,1-2H3. The van der Waals surface area contributed by atoms with Crippen molar-refractivity contribution in [3.05, 3.63) is 47.4 Å². The highest BCUT2D eigenvalue weighted by Gasteiger charge is 2.14. The van der Waals surface area contributed by atoms with Gasteiger partial charge in [-0.05, 0) is 37.3 Å². The first-order chi connectivity index (χ1) is 11.7. The van der Waals surface area contributed by atoms with Crippen molar-refractivity contribution < 1.29 is 4.42 Å². The monoisotopic (exact) mass is 379 g/mol. The lowest BCUT2D eigenvalue weighted by molar-refractivity contribution is 0.534. The molecule has 0 spiro atoms. The molecule has 1 aromatic carbocycles. The highest BCUT2D eigenvalue weighted by molar-refractivity contribution is 8.00. The van der Waals surface area contributed by atoms with E-state index in [1.54, 1.807) is 29.8 Å². The maximum absolute atomic E-state index is 6.16. The maximum Gasteiger partial charge on any atom is 0.191 e. The minimum Gasteiger partial charge on any atom is -0.469 e. The van der Waals surface area contributed by atoms with Crippen molar-refractivity contribution in [1.82, 2.24) is 14.8 Å². The smallest absolute Gasteiger partial charge is 0.191 e. The van der Waals surface area contributed by atoms with Gasteiger partial charge in [-0.2, -0.15) is 0 Å². The molecular weight excluding hydrogens is 362 g/mol. The molecule has 0 radical (unpaired) electrons. The zero-order valence-electron chi connectivity index (χ0n) is 13.5. The van der Waals surface area contributed by atoms with Gasteiger partial charge < -0.3 is 8.98 Å². The van der Waals surface area contributed by atoms with Gasteiger partial charge in [0, 0.05) is 17.7 Å². The second-order valence-corrected chi connectivity index (χ2v) is 7.84. The minimum absolute atomic E-state index is 0.823. The van der Waals surface area contributed by atoms with Crippen LogP contribution in [0.1, 0.15) is 12.2 Å². The van der Waals surface area contributed by atoms with Crippen LogP contribution in [0, 0.1) is 6.92 Å². The fourth-order valence-corrected chi connectivity index (χ4v) is 4.48. The van der Waals surface area contributed by atoms with Crippen LogP contribution in [0.25, 0.3) is 11.4 Å². The first kappa shape index (κ1) is 17.5. The van der Waals surface area contributed by atoms with Crippen LogP contribution in [0.4, 0.5) is 0 Å². The average molecular weight is 380 g/mol. The maximum atomic E-state index is 6.16. The van der Waals surface area contributed by atoms with Crippen molar-refractivity contribution in [2.45, 2.75) is 23.4 Å². The van der Waals surface area contributed by atoms with Crippen molar-refractivity contribution in [3.8, 4) is 11.4 Å². The van der Waals surface area contributed by atoms with E-state index in [0.29, 0.717) is 0 Å². The molecule has 3 aromatic rings. The van der Waals surface area contributed by atoms with Gasteiger partial charge in [0.15, 0.2) is 11.0 Å². The number of benzene rings is 1. The molecule has 126 valence electrons. The Hall–Kier alpha value is -1.37.